The van der Waals surface area contributed by atoms with Gasteiger partial charge >= 0.3 is 0 Å². The highest BCUT2D eigenvalue weighted by Gasteiger charge is 2.22. The number of thiophene rings is 1. The summed E-state index contributed by atoms with van der Waals surface area (Å²) in [7, 11) is 0. The fraction of sp³-hybridized carbons (Fsp3) is 0.235. The van der Waals surface area contributed by atoms with Crippen molar-refractivity contribution in [2.75, 3.05) is 0 Å². The predicted octanol–water partition coefficient (Wildman–Crippen LogP) is 3.69. The zero-order valence-corrected chi connectivity index (χ0v) is 13.9. The van der Waals surface area contributed by atoms with E-state index in [9.17, 15) is 9.59 Å². The molecule has 0 saturated heterocycles. The summed E-state index contributed by atoms with van der Waals surface area (Å²) < 4.78 is 1.25. The Morgan fingerprint density at radius 1 is 1.17 bits per heavy atom. The van der Waals surface area contributed by atoms with E-state index in [0.29, 0.717) is 10.9 Å². The third-order valence-electron chi connectivity index (χ3n) is 4.24. The van der Waals surface area contributed by atoms with Crippen LogP contribution in [0.15, 0.2) is 35.1 Å². The first-order chi connectivity index (χ1) is 11.2. The number of benzene rings is 1. The van der Waals surface area contributed by atoms with E-state index in [1.165, 1.54) is 4.88 Å². The number of fused-ring (bicyclic) bond motifs is 3. The Kier molecular flexibility index (Phi) is 3.50. The summed E-state index contributed by atoms with van der Waals surface area (Å²) >= 11 is 6.87. The van der Waals surface area contributed by atoms with Crippen LogP contribution in [0.5, 0.6) is 0 Å². The summed E-state index contributed by atoms with van der Waals surface area (Å²) in [6.07, 6.45) is 4.13. The lowest BCUT2D eigenvalue weighted by Gasteiger charge is -2.10. The molecule has 0 saturated carbocycles. The quantitative estimate of drug-likeness (QED) is 0.686. The average Bonchev–Trinajstić information content (AvgIpc) is 2.93. The van der Waals surface area contributed by atoms with Crippen LogP contribution in [0.3, 0.4) is 0 Å². The highest BCUT2D eigenvalue weighted by atomic mass is 32.1. The number of hydrogen-bond acceptors (Lipinski definition) is 4. The van der Waals surface area contributed by atoms with Gasteiger partial charge in [0.05, 0.1) is 5.39 Å². The van der Waals surface area contributed by atoms with Crippen LogP contribution >= 0.6 is 23.6 Å². The molecule has 4 rings (SSSR count). The van der Waals surface area contributed by atoms with E-state index >= 15 is 0 Å². The molecule has 0 unspecified atom stereocenters. The van der Waals surface area contributed by atoms with Crippen LogP contribution in [0.1, 0.15) is 33.6 Å². The second-order valence-corrected chi connectivity index (χ2v) is 7.15. The second kappa shape index (κ2) is 5.54. The van der Waals surface area contributed by atoms with Crippen molar-refractivity contribution in [2.45, 2.75) is 25.7 Å². The molecule has 0 radical (unpaired) electrons. The zero-order valence-electron chi connectivity index (χ0n) is 12.3. The lowest BCUT2D eigenvalue weighted by molar-refractivity contribution is 0.0953. The number of rotatable bonds is 1. The number of nitrogens with one attached hydrogen (secondary N) is 1. The number of carbonyl (C=O) groups is 1. The lowest BCUT2D eigenvalue weighted by atomic mass is 9.97. The largest absolute Gasteiger partial charge is 0.323 e. The Morgan fingerprint density at radius 3 is 2.70 bits per heavy atom. The van der Waals surface area contributed by atoms with E-state index in [-0.39, 0.29) is 16.2 Å². The van der Waals surface area contributed by atoms with Crippen LogP contribution in [0.25, 0.3) is 10.2 Å². The van der Waals surface area contributed by atoms with E-state index in [1.807, 2.05) is 6.07 Å². The van der Waals surface area contributed by atoms with Gasteiger partial charge in [-0.3, -0.25) is 9.59 Å². The van der Waals surface area contributed by atoms with Crippen molar-refractivity contribution in [2.24, 2.45) is 0 Å². The molecule has 1 aliphatic rings. The number of aromatic amines is 1. The van der Waals surface area contributed by atoms with Gasteiger partial charge in [0.15, 0.2) is 4.77 Å². The molecule has 4 nitrogen and oxygen atoms in total. The lowest BCUT2D eigenvalue weighted by Crippen LogP contribution is -2.29. The van der Waals surface area contributed by atoms with E-state index in [1.54, 1.807) is 35.6 Å². The Bertz CT molecular complexity index is 1030. The molecular formula is C17H14N2O2S2. The molecule has 0 amide bonds. The highest BCUT2D eigenvalue weighted by Crippen LogP contribution is 2.33. The van der Waals surface area contributed by atoms with Gasteiger partial charge < -0.3 is 4.98 Å². The smallest absolute Gasteiger partial charge is 0.270 e. The molecule has 3 aromatic rings. The third kappa shape index (κ3) is 2.29. The first kappa shape index (κ1) is 14.5. The SMILES string of the molecule is O=C(c1ccccc1)n1c(=S)[nH]c2sc3c(c2c1=O)CCCC3. The maximum atomic E-state index is 13.0. The van der Waals surface area contributed by atoms with Gasteiger partial charge in [-0.2, -0.15) is 0 Å². The second-order valence-electron chi connectivity index (χ2n) is 5.66. The fourth-order valence-electron chi connectivity index (χ4n) is 3.13. The predicted molar refractivity (Wildman–Crippen MR) is 94.1 cm³/mol. The normalized spacial score (nSPS) is 13.9. The summed E-state index contributed by atoms with van der Waals surface area (Å²) in [6, 6.07) is 8.76. The maximum Gasteiger partial charge on any atom is 0.270 e. The van der Waals surface area contributed by atoms with Crippen LogP contribution in [0.2, 0.25) is 0 Å². The number of hydrogen-bond donors (Lipinski definition) is 1. The minimum absolute atomic E-state index is 0.162. The topological polar surface area (TPSA) is 54.9 Å². The molecule has 1 N–H and O–H groups in total. The van der Waals surface area contributed by atoms with E-state index < -0.39 is 0 Å². The van der Waals surface area contributed by atoms with Crippen molar-refractivity contribution in [1.29, 1.82) is 0 Å². The summed E-state index contributed by atoms with van der Waals surface area (Å²) in [5.74, 6) is -0.380. The fourth-order valence-corrected chi connectivity index (χ4v) is 4.74. The first-order valence-corrected chi connectivity index (χ1v) is 8.78. The first-order valence-electron chi connectivity index (χ1n) is 7.56. The summed E-state index contributed by atoms with van der Waals surface area (Å²) in [4.78, 5) is 30.8. The van der Waals surface area contributed by atoms with Crippen LogP contribution in [-0.4, -0.2) is 15.5 Å². The standard InChI is InChI=1S/C17H14N2O2S2/c20-15(10-6-2-1-3-7-10)19-16(21)13-11-8-4-5-9-12(11)23-14(13)18-17(19)22/h1-3,6-7H,4-5,8-9H2,(H,18,22). The Hall–Kier alpha value is -2.05. The van der Waals surface area contributed by atoms with Crippen molar-refractivity contribution in [3.8, 4) is 0 Å². The molecule has 1 aliphatic carbocycles. The molecular weight excluding hydrogens is 328 g/mol. The van der Waals surface area contributed by atoms with E-state index in [4.69, 9.17) is 12.2 Å². The van der Waals surface area contributed by atoms with Crippen LogP contribution < -0.4 is 5.56 Å². The third-order valence-corrected chi connectivity index (χ3v) is 5.73. The number of aromatic nitrogens is 2. The van der Waals surface area contributed by atoms with E-state index in [0.717, 1.165) is 40.6 Å². The molecule has 6 heteroatoms. The summed E-state index contributed by atoms with van der Waals surface area (Å²) in [6.45, 7) is 0. The molecule has 0 fully saturated rings. The molecule has 23 heavy (non-hydrogen) atoms. The molecule has 0 spiro atoms. The van der Waals surface area contributed by atoms with Crippen molar-refractivity contribution in [3.05, 3.63) is 61.5 Å². The van der Waals surface area contributed by atoms with Gasteiger partial charge in [0, 0.05) is 10.4 Å². The van der Waals surface area contributed by atoms with Gasteiger partial charge in [0.2, 0.25) is 0 Å². The van der Waals surface area contributed by atoms with Gasteiger partial charge in [-0.15, -0.1) is 11.3 Å². The minimum atomic E-state index is -0.380. The number of carbonyl (C=O) groups excluding carboxylic acids is 1. The van der Waals surface area contributed by atoms with Gasteiger partial charge in [0.25, 0.3) is 11.5 Å². The maximum absolute atomic E-state index is 13.0. The van der Waals surface area contributed by atoms with Crippen molar-refractivity contribution >= 4 is 39.7 Å². The van der Waals surface area contributed by atoms with Crippen molar-refractivity contribution in [1.82, 2.24) is 9.55 Å². The van der Waals surface area contributed by atoms with E-state index in [2.05, 4.69) is 4.98 Å². The zero-order chi connectivity index (χ0) is 16.0. The molecule has 0 atom stereocenters. The average molecular weight is 342 g/mol. The van der Waals surface area contributed by atoms with Gasteiger partial charge in [0.1, 0.15) is 4.83 Å². The minimum Gasteiger partial charge on any atom is -0.323 e. The summed E-state index contributed by atoms with van der Waals surface area (Å²) in [5.41, 5.74) is 1.26. The Balaban J connectivity index is 1.99. The molecule has 116 valence electrons. The summed E-state index contributed by atoms with van der Waals surface area (Å²) in [5, 5.41) is 0.641. The van der Waals surface area contributed by atoms with Crippen molar-refractivity contribution < 1.29 is 4.79 Å². The van der Waals surface area contributed by atoms with Gasteiger partial charge in [-0.1, -0.05) is 18.2 Å². The molecule has 2 aromatic heterocycles. The molecule has 0 bridgehead atoms. The van der Waals surface area contributed by atoms with Gasteiger partial charge in [-0.05, 0) is 55.6 Å². The Labute approximate surface area is 141 Å². The van der Waals surface area contributed by atoms with Crippen LogP contribution in [0, 0.1) is 4.77 Å². The molecule has 1 aromatic carbocycles. The van der Waals surface area contributed by atoms with Crippen molar-refractivity contribution in [3.63, 3.8) is 0 Å². The number of H-pyrrole nitrogens is 1. The molecule has 2 heterocycles. The van der Waals surface area contributed by atoms with Crippen LogP contribution in [-0.2, 0) is 12.8 Å². The number of aryl methyl sites for hydroxylation is 2. The van der Waals surface area contributed by atoms with Crippen LogP contribution in [0.4, 0.5) is 0 Å². The highest BCUT2D eigenvalue weighted by molar-refractivity contribution is 7.71. The molecule has 0 aliphatic heterocycles. The monoisotopic (exact) mass is 342 g/mol. The number of nitrogens with zero attached hydrogens (tertiary/aromatic N) is 1. The van der Waals surface area contributed by atoms with Gasteiger partial charge in [-0.25, -0.2) is 4.57 Å². The Morgan fingerprint density at radius 2 is 1.91 bits per heavy atom.